The van der Waals surface area contributed by atoms with Crippen molar-refractivity contribution in [1.82, 2.24) is 10.1 Å². The van der Waals surface area contributed by atoms with E-state index in [2.05, 4.69) is 24.0 Å². The van der Waals surface area contributed by atoms with Crippen LogP contribution in [0.5, 0.6) is 0 Å². The number of hydrogen-bond donors (Lipinski definition) is 1. The fourth-order valence-corrected chi connectivity index (χ4v) is 1.32. The highest BCUT2D eigenvalue weighted by Crippen LogP contribution is 2.20. The van der Waals surface area contributed by atoms with E-state index in [1.165, 1.54) is 0 Å². The third-order valence-corrected chi connectivity index (χ3v) is 2.90. The molecule has 1 aromatic heterocycles. The fourth-order valence-electron chi connectivity index (χ4n) is 1.32. The molecule has 3 atom stereocenters. The molecule has 0 bridgehead atoms. The molecule has 1 aromatic rings. The molecular weight excluding hydrogens is 206 g/mol. The Kier molecular flexibility index (Phi) is 4.89. The Morgan fingerprint density at radius 2 is 2.12 bits per heavy atom. The standard InChI is InChI=1S/C11H21N3O2/c1-5-7(2)10(12)11-13-9(14-16-11)6-8(3)15-4/h7-8,10H,5-6,12H2,1-4H3. The van der Waals surface area contributed by atoms with Crippen molar-refractivity contribution in [3.05, 3.63) is 11.7 Å². The van der Waals surface area contributed by atoms with Crippen molar-refractivity contribution >= 4 is 0 Å². The van der Waals surface area contributed by atoms with Crippen molar-refractivity contribution in [3.63, 3.8) is 0 Å². The van der Waals surface area contributed by atoms with Gasteiger partial charge >= 0.3 is 0 Å². The summed E-state index contributed by atoms with van der Waals surface area (Å²) in [6.45, 7) is 6.13. The van der Waals surface area contributed by atoms with Gasteiger partial charge in [0.25, 0.3) is 0 Å². The minimum Gasteiger partial charge on any atom is -0.381 e. The van der Waals surface area contributed by atoms with Crippen LogP contribution < -0.4 is 5.73 Å². The van der Waals surface area contributed by atoms with E-state index in [1.807, 2.05) is 6.92 Å². The molecule has 5 heteroatoms. The Bertz CT molecular complexity index is 314. The van der Waals surface area contributed by atoms with Gasteiger partial charge in [0.1, 0.15) is 0 Å². The van der Waals surface area contributed by atoms with Gasteiger partial charge in [0.2, 0.25) is 5.89 Å². The molecule has 1 heterocycles. The van der Waals surface area contributed by atoms with Crippen LogP contribution in [0.2, 0.25) is 0 Å². The summed E-state index contributed by atoms with van der Waals surface area (Å²) >= 11 is 0. The zero-order valence-corrected chi connectivity index (χ0v) is 10.4. The normalized spacial score (nSPS) is 17.1. The van der Waals surface area contributed by atoms with Crippen LogP contribution in [0.1, 0.15) is 44.9 Å². The van der Waals surface area contributed by atoms with Crippen LogP contribution >= 0.6 is 0 Å². The van der Waals surface area contributed by atoms with E-state index in [0.717, 1.165) is 6.42 Å². The molecule has 5 nitrogen and oxygen atoms in total. The predicted octanol–water partition coefficient (Wildman–Crippen LogP) is 1.69. The second-order valence-electron chi connectivity index (χ2n) is 4.21. The molecule has 16 heavy (non-hydrogen) atoms. The number of rotatable bonds is 6. The van der Waals surface area contributed by atoms with Crippen LogP contribution in [0.25, 0.3) is 0 Å². The van der Waals surface area contributed by atoms with Gasteiger partial charge in [0.05, 0.1) is 12.1 Å². The second-order valence-corrected chi connectivity index (χ2v) is 4.21. The van der Waals surface area contributed by atoms with Crippen molar-refractivity contribution in [2.45, 2.75) is 45.8 Å². The average molecular weight is 227 g/mol. The van der Waals surface area contributed by atoms with Crippen molar-refractivity contribution < 1.29 is 9.26 Å². The third kappa shape index (κ3) is 3.28. The van der Waals surface area contributed by atoms with Gasteiger partial charge in [-0.15, -0.1) is 0 Å². The van der Waals surface area contributed by atoms with Gasteiger partial charge in [-0.25, -0.2) is 0 Å². The molecule has 0 spiro atoms. The number of aromatic nitrogens is 2. The van der Waals surface area contributed by atoms with Crippen LogP contribution in [-0.2, 0) is 11.2 Å². The number of ether oxygens (including phenoxy) is 1. The molecule has 0 amide bonds. The lowest BCUT2D eigenvalue weighted by atomic mass is 10.0. The summed E-state index contributed by atoms with van der Waals surface area (Å²) in [6.07, 6.45) is 1.73. The highest BCUT2D eigenvalue weighted by Gasteiger charge is 2.20. The number of hydrogen-bond acceptors (Lipinski definition) is 5. The lowest BCUT2D eigenvalue weighted by molar-refractivity contribution is 0.116. The minimum absolute atomic E-state index is 0.0882. The van der Waals surface area contributed by atoms with E-state index < -0.39 is 0 Å². The van der Waals surface area contributed by atoms with Crippen LogP contribution in [-0.4, -0.2) is 23.4 Å². The molecule has 0 aliphatic carbocycles. The van der Waals surface area contributed by atoms with Gasteiger partial charge in [-0.2, -0.15) is 4.98 Å². The molecule has 3 unspecified atom stereocenters. The molecule has 0 saturated carbocycles. The Morgan fingerprint density at radius 3 is 2.69 bits per heavy atom. The first-order valence-electron chi connectivity index (χ1n) is 5.69. The maximum Gasteiger partial charge on any atom is 0.243 e. The number of nitrogens with two attached hydrogens (primary N) is 1. The quantitative estimate of drug-likeness (QED) is 0.800. The zero-order valence-electron chi connectivity index (χ0n) is 10.4. The first-order chi connectivity index (χ1) is 7.58. The average Bonchev–Trinajstić information content (AvgIpc) is 2.75. The molecule has 2 N–H and O–H groups in total. The summed E-state index contributed by atoms with van der Waals surface area (Å²) < 4.78 is 10.3. The van der Waals surface area contributed by atoms with E-state index in [9.17, 15) is 0 Å². The van der Waals surface area contributed by atoms with E-state index in [0.29, 0.717) is 24.1 Å². The monoisotopic (exact) mass is 227 g/mol. The molecule has 1 rings (SSSR count). The number of nitrogens with zero attached hydrogens (tertiary/aromatic N) is 2. The van der Waals surface area contributed by atoms with Gasteiger partial charge in [0, 0.05) is 13.5 Å². The van der Waals surface area contributed by atoms with Gasteiger partial charge in [0.15, 0.2) is 5.82 Å². The lowest BCUT2D eigenvalue weighted by Gasteiger charge is -2.13. The molecule has 0 fully saturated rings. The smallest absolute Gasteiger partial charge is 0.243 e. The Morgan fingerprint density at radius 1 is 1.44 bits per heavy atom. The van der Waals surface area contributed by atoms with Crippen molar-refractivity contribution in [1.29, 1.82) is 0 Å². The second kappa shape index (κ2) is 5.96. The summed E-state index contributed by atoms with van der Waals surface area (Å²) in [5, 5.41) is 3.90. The third-order valence-electron chi connectivity index (χ3n) is 2.90. The maximum absolute atomic E-state index is 6.00. The molecule has 0 aliphatic heterocycles. The molecule has 0 radical (unpaired) electrons. The molecule has 92 valence electrons. The fraction of sp³-hybridized carbons (Fsp3) is 0.818. The largest absolute Gasteiger partial charge is 0.381 e. The highest BCUT2D eigenvalue weighted by molar-refractivity contribution is 4.94. The van der Waals surface area contributed by atoms with Gasteiger partial charge in [-0.1, -0.05) is 25.4 Å². The molecule has 0 aromatic carbocycles. The van der Waals surface area contributed by atoms with E-state index in [1.54, 1.807) is 7.11 Å². The van der Waals surface area contributed by atoms with Crippen LogP contribution in [0.4, 0.5) is 0 Å². The summed E-state index contributed by atoms with van der Waals surface area (Å²) in [4.78, 5) is 4.28. The van der Waals surface area contributed by atoms with E-state index in [4.69, 9.17) is 15.0 Å². The van der Waals surface area contributed by atoms with Gasteiger partial charge < -0.3 is 15.0 Å². The number of methoxy groups -OCH3 is 1. The first-order valence-corrected chi connectivity index (χ1v) is 5.69. The van der Waals surface area contributed by atoms with E-state index in [-0.39, 0.29) is 12.1 Å². The minimum atomic E-state index is -0.177. The molecule has 0 aliphatic rings. The topological polar surface area (TPSA) is 74.2 Å². The summed E-state index contributed by atoms with van der Waals surface area (Å²) in [6, 6.07) is -0.177. The summed E-state index contributed by atoms with van der Waals surface area (Å²) in [5.41, 5.74) is 6.00. The highest BCUT2D eigenvalue weighted by atomic mass is 16.5. The SMILES string of the molecule is CCC(C)C(N)c1nc(CC(C)OC)no1. The molecular formula is C11H21N3O2. The van der Waals surface area contributed by atoms with Crippen LogP contribution in [0.3, 0.4) is 0 Å². The van der Waals surface area contributed by atoms with Crippen molar-refractivity contribution in [3.8, 4) is 0 Å². The Labute approximate surface area is 96.4 Å². The van der Waals surface area contributed by atoms with Gasteiger partial charge in [-0.3, -0.25) is 0 Å². The Hall–Kier alpha value is -0.940. The van der Waals surface area contributed by atoms with Crippen molar-refractivity contribution in [2.24, 2.45) is 11.7 Å². The first kappa shape index (κ1) is 13.1. The summed E-state index contributed by atoms with van der Waals surface area (Å²) in [7, 11) is 1.66. The van der Waals surface area contributed by atoms with E-state index >= 15 is 0 Å². The zero-order chi connectivity index (χ0) is 12.1. The van der Waals surface area contributed by atoms with Crippen LogP contribution in [0, 0.1) is 5.92 Å². The lowest BCUT2D eigenvalue weighted by Crippen LogP contribution is -2.19. The van der Waals surface area contributed by atoms with Crippen molar-refractivity contribution in [2.75, 3.05) is 7.11 Å². The van der Waals surface area contributed by atoms with Crippen LogP contribution in [0.15, 0.2) is 4.52 Å². The molecule has 0 saturated heterocycles. The summed E-state index contributed by atoms with van der Waals surface area (Å²) in [5.74, 6) is 1.52. The van der Waals surface area contributed by atoms with Gasteiger partial charge in [-0.05, 0) is 12.8 Å². The maximum atomic E-state index is 6.00. The predicted molar refractivity (Wildman–Crippen MR) is 60.9 cm³/mol. The Balaban J connectivity index is 2.63.